The monoisotopic (exact) mass is 281 g/mol. The quantitative estimate of drug-likeness (QED) is 0.860. The van der Waals surface area contributed by atoms with E-state index in [1.54, 1.807) is 0 Å². The van der Waals surface area contributed by atoms with Gasteiger partial charge in [-0.2, -0.15) is 5.26 Å². The van der Waals surface area contributed by atoms with E-state index >= 15 is 0 Å². The van der Waals surface area contributed by atoms with Gasteiger partial charge in [-0.1, -0.05) is 0 Å². The van der Waals surface area contributed by atoms with Crippen molar-refractivity contribution in [1.82, 2.24) is 4.98 Å². The number of alkyl halides is 5. The Bertz CT molecular complexity index is 495. The Kier molecular flexibility index (Phi) is 4.61. The van der Waals surface area contributed by atoms with E-state index in [9.17, 15) is 22.0 Å². The highest BCUT2D eigenvalue weighted by Crippen LogP contribution is 2.30. The minimum atomic E-state index is -5.01. The first kappa shape index (κ1) is 15.1. The molecule has 19 heavy (non-hydrogen) atoms. The van der Waals surface area contributed by atoms with Gasteiger partial charge in [-0.15, -0.1) is 13.2 Å². The number of hydrogen-bond acceptors (Lipinski definition) is 4. The van der Waals surface area contributed by atoms with Crippen LogP contribution < -0.4 is 10.5 Å². The third-order valence-electron chi connectivity index (χ3n) is 2.07. The Hall–Kier alpha value is -1.95. The van der Waals surface area contributed by atoms with E-state index in [4.69, 9.17) is 11.0 Å². The molecule has 1 heterocycles. The van der Waals surface area contributed by atoms with Crippen LogP contribution in [0.25, 0.3) is 0 Å². The van der Waals surface area contributed by atoms with Crippen LogP contribution in [0.15, 0.2) is 6.07 Å². The molecule has 0 saturated heterocycles. The van der Waals surface area contributed by atoms with Gasteiger partial charge in [0.15, 0.2) is 5.75 Å². The highest BCUT2D eigenvalue weighted by molar-refractivity contribution is 5.37. The van der Waals surface area contributed by atoms with Crippen LogP contribution in [0.5, 0.6) is 5.75 Å². The molecule has 0 saturated carbocycles. The molecule has 0 amide bonds. The predicted octanol–water partition coefficient (Wildman–Crippen LogP) is 2.44. The van der Waals surface area contributed by atoms with Crippen molar-refractivity contribution in [3.8, 4) is 11.8 Å². The molecule has 0 aliphatic carbocycles. The van der Waals surface area contributed by atoms with Gasteiger partial charge >= 0.3 is 6.36 Å². The summed E-state index contributed by atoms with van der Waals surface area (Å²) in [5.74, 6) is -0.793. The molecule has 0 unspecified atom stereocenters. The Morgan fingerprint density at radius 3 is 2.47 bits per heavy atom. The zero-order valence-corrected chi connectivity index (χ0v) is 9.34. The van der Waals surface area contributed by atoms with Gasteiger partial charge in [-0.3, -0.25) is 0 Å². The molecule has 0 fully saturated rings. The minimum absolute atomic E-state index is 0.268. The average molecular weight is 281 g/mol. The molecule has 9 heteroatoms. The molecule has 1 aromatic heterocycles. The number of nitrogens with two attached hydrogens (primary N) is 1. The predicted molar refractivity (Wildman–Crippen MR) is 53.1 cm³/mol. The topological polar surface area (TPSA) is 71.9 Å². The van der Waals surface area contributed by atoms with Gasteiger partial charge < -0.3 is 10.5 Å². The lowest BCUT2D eigenvalue weighted by molar-refractivity contribution is -0.275. The van der Waals surface area contributed by atoms with Crippen LogP contribution in [0.4, 0.5) is 22.0 Å². The standard InChI is InChI=1S/C10H8F5N3O/c11-9(12)8-5(4-17)3-7(19-10(13,14)15)6(18-8)1-2-16/h3,9H,1,4,17H2. The van der Waals surface area contributed by atoms with Crippen molar-refractivity contribution >= 4 is 0 Å². The van der Waals surface area contributed by atoms with Crippen LogP contribution in [0.3, 0.4) is 0 Å². The summed E-state index contributed by atoms with van der Waals surface area (Å²) in [7, 11) is 0. The molecule has 0 radical (unpaired) electrons. The maximum Gasteiger partial charge on any atom is 0.573 e. The molecule has 0 atom stereocenters. The van der Waals surface area contributed by atoms with Gasteiger partial charge in [-0.25, -0.2) is 13.8 Å². The molecule has 104 valence electrons. The Labute approximate surface area is 104 Å². The van der Waals surface area contributed by atoms with E-state index in [-0.39, 0.29) is 5.56 Å². The molecule has 1 rings (SSSR count). The average Bonchev–Trinajstić information content (AvgIpc) is 2.28. The largest absolute Gasteiger partial charge is 0.573 e. The van der Waals surface area contributed by atoms with Crippen LogP contribution in [-0.4, -0.2) is 11.3 Å². The zero-order valence-electron chi connectivity index (χ0n) is 9.34. The molecular formula is C10H8F5N3O. The fourth-order valence-electron chi connectivity index (χ4n) is 1.35. The second-order valence-corrected chi connectivity index (χ2v) is 3.37. The van der Waals surface area contributed by atoms with Crippen molar-refractivity contribution in [3.05, 3.63) is 23.0 Å². The van der Waals surface area contributed by atoms with Crippen LogP contribution in [-0.2, 0) is 13.0 Å². The highest BCUT2D eigenvalue weighted by atomic mass is 19.4. The second-order valence-electron chi connectivity index (χ2n) is 3.37. The first-order valence-electron chi connectivity index (χ1n) is 4.92. The number of hydrogen-bond donors (Lipinski definition) is 1. The van der Waals surface area contributed by atoms with Crippen LogP contribution in [0, 0.1) is 11.3 Å². The number of pyridine rings is 1. The number of ether oxygens (including phenoxy) is 1. The van der Waals surface area contributed by atoms with Gasteiger partial charge in [0.2, 0.25) is 0 Å². The molecule has 0 spiro atoms. The van der Waals surface area contributed by atoms with Gasteiger partial charge in [0.25, 0.3) is 6.43 Å². The Balaban J connectivity index is 3.32. The zero-order chi connectivity index (χ0) is 14.6. The second kappa shape index (κ2) is 5.79. The summed E-state index contributed by atoms with van der Waals surface area (Å²) in [6, 6.07) is 2.26. The first-order valence-corrected chi connectivity index (χ1v) is 4.92. The lowest BCUT2D eigenvalue weighted by atomic mass is 10.1. The molecule has 2 N–H and O–H groups in total. The molecule has 4 nitrogen and oxygen atoms in total. The maximum atomic E-state index is 12.6. The summed E-state index contributed by atoms with van der Waals surface area (Å²) >= 11 is 0. The van der Waals surface area contributed by atoms with E-state index in [1.807, 2.05) is 0 Å². The fourth-order valence-corrected chi connectivity index (χ4v) is 1.35. The van der Waals surface area contributed by atoms with E-state index in [0.717, 1.165) is 6.07 Å². The lowest BCUT2D eigenvalue weighted by Gasteiger charge is -2.15. The number of nitriles is 1. The maximum absolute atomic E-state index is 12.6. The van der Waals surface area contributed by atoms with Crippen molar-refractivity contribution in [2.24, 2.45) is 5.73 Å². The van der Waals surface area contributed by atoms with Crippen molar-refractivity contribution in [2.75, 3.05) is 0 Å². The summed E-state index contributed by atoms with van der Waals surface area (Å²) in [6.45, 7) is -0.423. The van der Waals surface area contributed by atoms with E-state index in [2.05, 4.69) is 9.72 Å². The molecular weight excluding hydrogens is 273 g/mol. The highest BCUT2D eigenvalue weighted by Gasteiger charge is 2.33. The van der Waals surface area contributed by atoms with E-state index < -0.39 is 42.9 Å². The smallest absolute Gasteiger partial charge is 0.404 e. The molecule has 0 aromatic carbocycles. The van der Waals surface area contributed by atoms with Crippen molar-refractivity contribution < 1.29 is 26.7 Å². The number of nitrogens with zero attached hydrogens (tertiary/aromatic N) is 2. The van der Waals surface area contributed by atoms with Gasteiger partial charge in [0, 0.05) is 6.54 Å². The fraction of sp³-hybridized carbons (Fsp3) is 0.400. The SMILES string of the molecule is N#CCc1nc(C(F)F)c(CN)cc1OC(F)(F)F. The molecule has 1 aromatic rings. The van der Waals surface area contributed by atoms with Crippen molar-refractivity contribution in [1.29, 1.82) is 5.26 Å². The van der Waals surface area contributed by atoms with Gasteiger partial charge in [-0.05, 0) is 11.6 Å². The van der Waals surface area contributed by atoms with E-state index in [0.29, 0.717) is 0 Å². The summed E-state index contributed by atoms with van der Waals surface area (Å²) in [5, 5.41) is 8.46. The van der Waals surface area contributed by atoms with Crippen molar-refractivity contribution in [3.63, 3.8) is 0 Å². The summed E-state index contributed by atoms with van der Waals surface area (Å²) < 4.78 is 65.4. The lowest BCUT2D eigenvalue weighted by Crippen LogP contribution is -2.19. The van der Waals surface area contributed by atoms with Crippen LogP contribution in [0.2, 0.25) is 0 Å². The van der Waals surface area contributed by atoms with Crippen LogP contribution >= 0.6 is 0 Å². The number of rotatable bonds is 4. The summed E-state index contributed by atoms with van der Waals surface area (Å²) in [6.07, 6.45) is -8.60. The van der Waals surface area contributed by atoms with Crippen molar-refractivity contribution in [2.45, 2.75) is 25.8 Å². The number of aromatic nitrogens is 1. The summed E-state index contributed by atoms with van der Waals surface area (Å²) in [4.78, 5) is 3.34. The molecule has 0 bridgehead atoms. The first-order chi connectivity index (χ1) is 8.78. The molecule has 0 aliphatic rings. The minimum Gasteiger partial charge on any atom is -0.404 e. The Morgan fingerprint density at radius 1 is 1.42 bits per heavy atom. The van der Waals surface area contributed by atoms with Crippen LogP contribution in [0.1, 0.15) is 23.4 Å². The number of halogens is 5. The normalized spacial score (nSPS) is 11.5. The third-order valence-corrected chi connectivity index (χ3v) is 2.07. The van der Waals surface area contributed by atoms with Gasteiger partial charge in [0.05, 0.1) is 18.2 Å². The van der Waals surface area contributed by atoms with E-state index in [1.165, 1.54) is 6.07 Å². The summed E-state index contributed by atoms with van der Waals surface area (Å²) in [5.41, 5.74) is 3.65. The molecule has 0 aliphatic heterocycles. The Morgan fingerprint density at radius 2 is 2.05 bits per heavy atom. The van der Waals surface area contributed by atoms with Gasteiger partial charge in [0.1, 0.15) is 5.69 Å². The third kappa shape index (κ3) is 4.03.